The molecule has 3 saturated heterocycles. The van der Waals surface area contributed by atoms with Crippen molar-refractivity contribution < 1.29 is 43.4 Å². The first-order valence-electron chi connectivity index (χ1n) is 16.0. The number of piperidine rings is 3. The summed E-state index contributed by atoms with van der Waals surface area (Å²) in [6.07, 6.45) is 4.30. The van der Waals surface area contributed by atoms with Crippen molar-refractivity contribution in [2.75, 3.05) is 39.2 Å². The molecule has 0 saturated carbocycles. The van der Waals surface area contributed by atoms with Crippen LogP contribution < -0.4 is 19.8 Å². The lowest BCUT2D eigenvalue weighted by Gasteiger charge is -2.44. The van der Waals surface area contributed by atoms with Crippen LogP contribution in [0.5, 0.6) is 11.5 Å². The predicted octanol–water partition coefficient (Wildman–Crippen LogP) is 6.72. The van der Waals surface area contributed by atoms with Gasteiger partial charge < -0.3 is 29.7 Å². The molecule has 0 aliphatic carbocycles. The van der Waals surface area contributed by atoms with Crippen molar-refractivity contribution in [2.24, 2.45) is 5.92 Å². The number of ether oxygens (including phenoxy) is 4. The minimum atomic E-state index is -1.10. The van der Waals surface area contributed by atoms with E-state index in [0.29, 0.717) is 50.8 Å². The number of benzene rings is 3. The van der Waals surface area contributed by atoms with Crippen molar-refractivity contribution in [3.05, 3.63) is 117 Å². The van der Waals surface area contributed by atoms with Gasteiger partial charge in [0.2, 0.25) is 0 Å². The average Bonchev–Trinajstić information content (AvgIpc) is 3.12. The average molecular weight is 727 g/mol. The third kappa shape index (κ3) is 8.30. The van der Waals surface area contributed by atoms with Crippen LogP contribution in [0.1, 0.15) is 52.0 Å². The molecule has 3 fully saturated rings. The van der Waals surface area contributed by atoms with E-state index in [1.165, 1.54) is 20.3 Å². The molecule has 7 rings (SSSR count). The predicted molar refractivity (Wildman–Crippen MR) is 185 cm³/mol. The second kappa shape index (κ2) is 16.5. The Hall–Kier alpha value is -4.42. The number of carbonyl (C=O) groups is 2. The van der Waals surface area contributed by atoms with E-state index in [2.05, 4.69) is 15.2 Å². The molecule has 264 valence electrons. The highest BCUT2D eigenvalue weighted by molar-refractivity contribution is 6.35. The summed E-state index contributed by atoms with van der Waals surface area (Å²) in [5.74, 6) is -0.397. The number of nitrogens with zero attached hydrogens (tertiary/aromatic N) is 1. The van der Waals surface area contributed by atoms with E-state index in [1.807, 2.05) is 0 Å². The first kappa shape index (κ1) is 36.9. The Morgan fingerprint density at radius 1 is 0.960 bits per heavy atom. The molecule has 3 atom stereocenters. The largest absolute Gasteiger partial charge is 0.870 e. The number of halogens is 3. The Balaban J connectivity index is 0.00000486. The summed E-state index contributed by atoms with van der Waals surface area (Å²) in [7, 11) is 3.06. The Morgan fingerprint density at radius 2 is 1.64 bits per heavy atom. The molecule has 0 radical (unpaired) electrons. The molecule has 4 heterocycles. The van der Waals surface area contributed by atoms with E-state index in [1.54, 1.807) is 73.1 Å². The number of aromatic nitrogens is 1. The minimum Gasteiger partial charge on any atom is -0.870 e. The fraction of sp³-hybridized carbons (Fsp3) is 0.324. The van der Waals surface area contributed by atoms with Gasteiger partial charge in [-0.3, -0.25) is 4.90 Å². The summed E-state index contributed by atoms with van der Waals surface area (Å²) >= 11 is 12.9. The minimum absolute atomic E-state index is 0. The van der Waals surface area contributed by atoms with E-state index in [9.17, 15) is 9.59 Å². The Labute approximate surface area is 299 Å². The van der Waals surface area contributed by atoms with Crippen molar-refractivity contribution >= 4 is 40.8 Å². The number of carbonyl (C=O) groups excluding carboxylic acids is 2. The van der Waals surface area contributed by atoms with Crippen LogP contribution >= 0.6 is 23.2 Å². The number of pyridine rings is 1. The second-order valence-electron chi connectivity index (χ2n) is 12.1. The van der Waals surface area contributed by atoms with Gasteiger partial charge in [0.15, 0.2) is 29.9 Å². The van der Waals surface area contributed by atoms with Crippen LogP contribution in [0.4, 0.5) is 10.1 Å². The molecule has 13 heteroatoms. The van der Waals surface area contributed by atoms with Crippen molar-refractivity contribution in [3.63, 3.8) is 0 Å². The van der Waals surface area contributed by atoms with Gasteiger partial charge in [0.25, 0.3) is 0 Å². The Kier molecular flexibility index (Phi) is 12.2. The number of hydrogen-bond donors (Lipinski definition) is 1. The molecule has 1 unspecified atom stereocenters. The van der Waals surface area contributed by atoms with Crippen LogP contribution in [0.2, 0.25) is 10.0 Å². The lowest BCUT2D eigenvalue weighted by atomic mass is 9.86. The zero-order valence-corrected chi connectivity index (χ0v) is 29.0. The first-order chi connectivity index (χ1) is 23.7. The molecule has 3 aliphatic heterocycles. The first-order valence-corrected chi connectivity index (χ1v) is 16.8. The summed E-state index contributed by atoms with van der Waals surface area (Å²) in [4.78, 5) is 32.3. The third-order valence-corrected chi connectivity index (χ3v) is 9.84. The van der Waals surface area contributed by atoms with Gasteiger partial charge >= 0.3 is 11.9 Å². The highest BCUT2D eigenvalue weighted by atomic mass is 35.5. The molecule has 3 aliphatic rings. The van der Waals surface area contributed by atoms with E-state index >= 15 is 4.39 Å². The topological polar surface area (TPSA) is 130 Å². The van der Waals surface area contributed by atoms with Crippen LogP contribution in [-0.4, -0.2) is 62.3 Å². The number of fused-ring (bicyclic) bond motifs is 3. The smallest absolute Gasteiger partial charge is 0.338 e. The number of hydrogen-bond acceptors (Lipinski definition) is 9. The molecule has 2 bridgehead atoms. The van der Waals surface area contributed by atoms with Crippen LogP contribution in [0.25, 0.3) is 0 Å². The van der Waals surface area contributed by atoms with Crippen molar-refractivity contribution in [2.45, 2.75) is 37.5 Å². The van der Waals surface area contributed by atoms with Crippen LogP contribution in [-0.2, 0) is 20.7 Å². The number of esters is 2. The monoisotopic (exact) mass is 725 g/mol. The van der Waals surface area contributed by atoms with Gasteiger partial charge in [-0.2, -0.15) is 0 Å². The molecular weight excluding hydrogens is 688 g/mol. The molecule has 10 nitrogen and oxygen atoms in total. The standard InChI is InChI=1S/C37H36Cl2FN3O6.H2O/c1-46-31-12-9-24(17-33(31)47-2)32(18-27-28(38)19-41-20-29(27)39)48-36(44)23-7-10-25(11-8-23)42-35(26-5-3-4-6-30(26)40)37(45)49-34-21-43-15-13-22(34)14-16-43;/h3-12,17,19-20,22,32,34-35,42H,13-16,18,21H2,1-2H3;1H2/t32-,34-,35?;/m0./s1. The van der Waals surface area contributed by atoms with Crippen LogP contribution in [0.3, 0.4) is 0 Å². The summed E-state index contributed by atoms with van der Waals surface area (Å²) < 4.78 is 37.9. The number of anilines is 1. The highest BCUT2D eigenvalue weighted by Gasteiger charge is 2.38. The van der Waals surface area contributed by atoms with Crippen molar-refractivity contribution in [3.8, 4) is 11.5 Å². The Morgan fingerprint density at radius 3 is 2.26 bits per heavy atom. The SMILES string of the molecule is COc1ccc([C@H](Cc2c(Cl)c[nH+]cc2Cl)OC(=O)c2ccc(NC(C(=O)O[C@H]3CN4CCC3CC4)c3ccccc3F)cc2)cc1OC.[OH-]. The number of nitrogens with one attached hydrogen (secondary N) is 2. The van der Waals surface area contributed by atoms with Crippen LogP contribution in [0, 0.1) is 11.7 Å². The number of rotatable bonds is 12. The number of aromatic amines is 1. The molecule has 4 aromatic rings. The summed E-state index contributed by atoms with van der Waals surface area (Å²) in [6, 6.07) is 16.7. The second-order valence-corrected chi connectivity index (χ2v) is 12.9. The fourth-order valence-electron chi connectivity index (χ4n) is 6.44. The summed E-state index contributed by atoms with van der Waals surface area (Å²) in [5, 5.41) is 3.91. The molecule has 0 amide bonds. The third-order valence-electron chi connectivity index (χ3n) is 9.16. The van der Waals surface area contributed by atoms with Gasteiger partial charge in [-0.1, -0.05) is 47.5 Å². The maximum Gasteiger partial charge on any atom is 0.338 e. The molecule has 3 N–H and O–H groups in total. The zero-order valence-electron chi connectivity index (χ0n) is 27.5. The van der Waals surface area contributed by atoms with E-state index in [4.69, 9.17) is 42.1 Å². The van der Waals surface area contributed by atoms with E-state index in [-0.39, 0.29) is 29.1 Å². The van der Waals surface area contributed by atoms with Gasteiger partial charge in [-0.15, -0.1) is 0 Å². The molecule has 1 aromatic heterocycles. The quantitative estimate of drug-likeness (QED) is 0.158. The number of methoxy groups -OCH3 is 2. The zero-order chi connectivity index (χ0) is 34.5. The normalized spacial score (nSPS) is 19.0. The summed E-state index contributed by atoms with van der Waals surface area (Å²) in [5.41, 5.74) is 2.15. The van der Waals surface area contributed by atoms with Crippen molar-refractivity contribution in [1.29, 1.82) is 0 Å². The van der Waals surface area contributed by atoms with Crippen LogP contribution in [0.15, 0.2) is 79.1 Å². The van der Waals surface area contributed by atoms with E-state index in [0.717, 1.165) is 25.9 Å². The van der Waals surface area contributed by atoms with Gasteiger partial charge in [-0.25, -0.2) is 19.0 Å². The molecular formula is C37H38Cl2FN3O7. The highest BCUT2D eigenvalue weighted by Crippen LogP contribution is 2.36. The van der Waals surface area contributed by atoms with Gasteiger partial charge in [0, 0.05) is 29.8 Å². The fourth-order valence-corrected chi connectivity index (χ4v) is 6.97. The number of H-pyrrole nitrogens is 1. The summed E-state index contributed by atoms with van der Waals surface area (Å²) in [6.45, 7) is 2.69. The Bertz CT molecular complexity index is 1780. The molecule has 3 aromatic carbocycles. The van der Waals surface area contributed by atoms with Gasteiger partial charge in [0.1, 0.15) is 28.1 Å². The molecule has 0 spiro atoms. The maximum atomic E-state index is 15.0. The maximum absolute atomic E-state index is 15.0. The van der Waals surface area contributed by atoms with Gasteiger partial charge in [-0.05, 0) is 79.9 Å². The lowest BCUT2D eigenvalue weighted by Crippen LogP contribution is -2.52. The lowest BCUT2D eigenvalue weighted by molar-refractivity contribution is -0.377. The molecule has 50 heavy (non-hydrogen) atoms. The van der Waals surface area contributed by atoms with Crippen molar-refractivity contribution in [1.82, 2.24) is 4.90 Å². The van der Waals surface area contributed by atoms with E-state index < -0.39 is 29.9 Å². The van der Waals surface area contributed by atoms with Gasteiger partial charge in [0.05, 0.1) is 19.8 Å².